The summed E-state index contributed by atoms with van der Waals surface area (Å²) in [6, 6.07) is 0. The molecule has 1 atom stereocenters. The van der Waals surface area contributed by atoms with Crippen LogP contribution in [0.2, 0.25) is 0 Å². The summed E-state index contributed by atoms with van der Waals surface area (Å²) in [7, 11) is 3.45. The van der Waals surface area contributed by atoms with Crippen LogP contribution in [0.25, 0.3) is 0 Å². The van der Waals surface area contributed by atoms with Crippen molar-refractivity contribution in [3.05, 3.63) is 17.7 Å². The van der Waals surface area contributed by atoms with Gasteiger partial charge in [0.25, 0.3) is 0 Å². The quantitative estimate of drug-likeness (QED) is 0.725. The topological polar surface area (TPSA) is 58.2 Å². The Morgan fingerprint density at radius 2 is 2.53 bits per heavy atom. The number of methoxy groups -OCH3 is 1. The van der Waals surface area contributed by atoms with Crippen molar-refractivity contribution in [2.75, 3.05) is 27.2 Å². The van der Waals surface area contributed by atoms with Crippen LogP contribution in [0.4, 0.5) is 0 Å². The Balaban J connectivity index is 2.10. The molecule has 0 aliphatic carbocycles. The molecule has 5 nitrogen and oxygen atoms in total. The van der Waals surface area contributed by atoms with Crippen LogP contribution in [0, 0.1) is 0 Å². The second kappa shape index (κ2) is 4.02. The van der Waals surface area contributed by atoms with E-state index in [4.69, 9.17) is 0 Å². The molecule has 1 aliphatic rings. The first-order chi connectivity index (χ1) is 7.20. The first-order valence-corrected chi connectivity index (χ1v) is 5.02. The largest absolute Gasteiger partial charge is 0.463 e. The van der Waals surface area contributed by atoms with E-state index >= 15 is 0 Å². The fourth-order valence-corrected chi connectivity index (χ4v) is 1.93. The lowest BCUT2D eigenvalue weighted by Crippen LogP contribution is -2.13. The number of imidazole rings is 1. The van der Waals surface area contributed by atoms with E-state index in [1.807, 2.05) is 0 Å². The van der Waals surface area contributed by atoms with Gasteiger partial charge in [-0.05, 0) is 20.0 Å². The number of nitrogens with zero attached hydrogens (tertiary/aromatic N) is 2. The Labute approximate surface area is 88.4 Å². The lowest BCUT2D eigenvalue weighted by Gasteiger charge is -2.07. The van der Waals surface area contributed by atoms with E-state index in [2.05, 4.69) is 26.7 Å². The summed E-state index contributed by atoms with van der Waals surface area (Å²) < 4.78 is 4.59. The number of carbonyl (C=O) groups excluding carboxylic acids is 1. The van der Waals surface area contributed by atoms with Gasteiger partial charge < -0.3 is 14.6 Å². The molecule has 0 saturated carbocycles. The Kier molecular flexibility index (Phi) is 2.73. The Hall–Kier alpha value is -1.36. The number of aromatic nitrogens is 2. The van der Waals surface area contributed by atoms with Gasteiger partial charge >= 0.3 is 5.97 Å². The summed E-state index contributed by atoms with van der Waals surface area (Å²) in [6.07, 6.45) is 2.84. The van der Waals surface area contributed by atoms with Crippen LogP contribution in [0.15, 0.2) is 6.20 Å². The smallest absolute Gasteiger partial charge is 0.374 e. The third-order valence-electron chi connectivity index (χ3n) is 2.81. The van der Waals surface area contributed by atoms with E-state index < -0.39 is 5.97 Å². The maximum absolute atomic E-state index is 11.2. The molecule has 2 rings (SSSR count). The minimum absolute atomic E-state index is 0.294. The van der Waals surface area contributed by atoms with E-state index in [0.717, 1.165) is 25.2 Å². The summed E-state index contributed by atoms with van der Waals surface area (Å²) in [5.74, 6) is 0.343. The van der Waals surface area contributed by atoms with E-state index in [9.17, 15) is 4.79 Å². The van der Waals surface area contributed by atoms with Crippen molar-refractivity contribution in [1.29, 1.82) is 0 Å². The zero-order valence-electron chi connectivity index (χ0n) is 8.99. The van der Waals surface area contributed by atoms with Gasteiger partial charge in [-0.15, -0.1) is 0 Å². The second-order valence-corrected chi connectivity index (χ2v) is 3.93. The monoisotopic (exact) mass is 209 g/mol. The summed E-state index contributed by atoms with van der Waals surface area (Å²) in [5.41, 5.74) is 1.03. The summed E-state index contributed by atoms with van der Waals surface area (Å²) in [6.45, 7) is 2.11. The van der Waals surface area contributed by atoms with Crippen molar-refractivity contribution in [1.82, 2.24) is 14.9 Å². The number of rotatable bonds is 2. The number of esters is 1. The lowest BCUT2D eigenvalue weighted by atomic mass is 10.1. The average molecular weight is 209 g/mol. The number of aromatic amines is 1. The molecule has 5 heteroatoms. The fourth-order valence-electron chi connectivity index (χ4n) is 1.93. The number of ether oxygens (including phenoxy) is 1. The third kappa shape index (κ3) is 2.02. The molecule has 0 radical (unpaired) electrons. The predicted molar refractivity (Wildman–Crippen MR) is 54.8 cm³/mol. The Morgan fingerprint density at radius 1 is 1.73 bits per heavy atom. The van der Waals surface area contributed by atoms with Crippen LogP contribution in [-0.2, 0) is 4.74 Å². The molecule has 1 saturated heterocycles. The summed E-state index contributed by atoms with van der Waals surface area (Å²) in [4.78, 5) is 20.5. The Bertz CT molecular complexity index is 361. The number of likely N-dealkylation sites (tertiary alicyclic amines) is 1. The van der Waals surface area contributed by atoms with Gasteiger partial charge in [0.15, 0.2) is 0 Å². The van der Waals surface area contributed by atoms with Crippen LogP contribution >= 0.6 is 0 Å². The second-order valence-electron chi connectivity index (χ2n) is 3.93. The normalized spacial score (nSPS) is 21.9. The van der Waals surface area contributed by atoms with Gasteiger partial charge in [-0.25, -0.2) is 9.78 Å². The van der Waals surface area contributed by atoms with Crippen molar-refractivity contribution in [2.45, 2.75) is 12.3 Å². The van der Waals surface area contributed by atoms with Gasteiger partial charge in [0, 0.05) is 24.4 Å². The van der Waals surface area contributed by atoms with Gasteiger partial charge in [-0.3, -0.25) is 0 Å². The summed E-state index contributed by atoms with van der Waals surface area (Å²) in [5, 5.41) is 0. The molecule has 0 spiro atoms. The third-order valence-corrected chi connectivity index (χ3v) is 2.81. The molecule has 82 valence electrons. The number of hydrogen-bond donors (Lipinski definition) is 1. The van der Waals surface area contributed by atoms with Crippen molar-refractivity contribution < 1.29 is 9.53 Å². The van der Waals surface area contributed by atoms with Crippen molar-refractivity contribution in [3.8, 4) is 0 Å². The summed E-state index contributed by atoms with van der Waals surface area (Å²) >= 11 is 0. The van der Waals surface area contributed by atoms with Gasteiger partial charge in [0.05, 0.1) is 7.11 Å². The van der Waals surface area contributed by atoms with Crippen molar-refractivity contribution in [2.24, 2.45) is 0 Å². The molecule has 0 bridgehead atoms. The minimum atomic E-state index is -0.410. The highest BCUT2D eigenvalue weighted by Gasteiger charge is 2.23. The van der Waals surface area contributed by atoms with E-state index in [1.54, 1.807) is 6.20 Å². The van der Waals surface area contributed by atoms with Gasteiger partial charge in [0.1, 0.15) is 0 Å². The average Bonchev–Trinajstić information content (AvgIpc) is 2.84. The maximum atomic E-state index is 11.2. The molecular formula is C10H15N3O2. The number of nitrogens with one attached hydrogen (secondary N) is 1. The van der Waals surface area contributed by atoms with E-state index in [-0.39, 0.29) is 0 Å². The molecule has 1 N–H and O–H groups in total. The van der Waals surface area contributed by atoms with Crippen molar-refractivity contribution in [3.63, 3.8) is 0 Å². The molecular weight excluding hydrogens is 194 g/mol. The zero-order valence-corrected chi connectivity index (χ0v) is 8.99. The fraction of sp³-hybridized carbons (Fsp3) is 0.600. The molecule has 15 heavy (non-hydrogen) atoms. The van der Waals surface area contributed by atoms with Crippen molar-refractivity contribution >= 4 is 5.97 Å². The first-order valence-electron chi connectivity index (χ1n) is 5.02. The number of carbonyl (C=O) groups is 1. The van der Waals surface area contributed by atoms with Crippen LogP contribution in [0.3, 0.4) is 0 Å². The van der Waals surface area contributed by atoms with Crippen LogP contribution in [0.5, 0.6) is 0 Å². The molecule has 0 aromatic carbocycles. The molecule has 1 fully saturated rings. The van der Waals surface area contributed by atoms with Crippen LogP contribution in [0.1, 0.15) is 28.7 Å². The minimum Gasteiger partial charge on any atom is -0.463 e. The molecule has 1 aromatic rings. The highest BCUT2D eigenvalue weighted by Crippen LogP contribution is 2.24. The highest BCUT2D eigenvalue weighted by molar-refractivity contribution is 5.85. The number of H-pyrrole nitrogens is 1. The first kappa shape index (κ1) is 10.2. The van der Waals surface area contributed by atoms with Gasteiger partial charge in [-0.1, -0.05) is 0 Å². The van der Waals surface area contributed by atoms with E-state index in [1.165, 1.54) is 7.11 Å². The molecule has 1 aliphatic heterocycles. The number of likely N-dealkylation sites (N-methyl/N-ethyl adjacent to an activating group) is 1. The van der Waals surface area contributed by atoms with Crippen LogP contribution < -0.4 is 0 Å². The van der Waals surface area contributed by atoms with Crippen LogP contribution in [-0.4, -0.2) is 48.1 Å². The maximum Gasteiger partial charge on any atom is 0.374 e. The van der Waals surface area contributed by atoms with Gasteiger partial charge in [0.2, 0.25) is 5.82 Å². The SMILES string of the molecule is COC(=O)c1ncc(C2CCN(C)C2)[nH]1. The molecule has 2 heterocycles. The number of hydrogen-bond acceptors (Lipinski definition) is 4. The standard InChI is InChI=1S/C10H15N3O2/c1-13-4-3-7(6-13)8-5-11-9(12-8)10(14)15-2/h5,7H,3-4,6H2,1-2H3,(H,11,12). The Morgan fingerprint density at radius 3 is 3.13 bits per heavy atom. The van der Waals surface area contributed by atoms with E-state index in [0.29, 0.717) is 11.7 Å². The molecule has 0 amide bonds. The van der Waals surface area contributed by atoms with Gasteiger partial charge in [-0.2, -0.15) is 0 Å². The predicted octanol–water partition coefficient (Wildman–Crippen LogP) is 0.615. The highest BCUT2D eigenvalue weighted by atomic mass is 16.5. The zero-order chi connectivity index (χ0) is 10.8. The molecule has 1 aromatic heterocycles. The lowest BCUT2D eigenvalue weighted by molar-refractivity contribution is 0.0588. The molecule has 1 unspecified atom stereocenters.